The van der Waals surface area contributed by atoms with E-state index in [2.05, 4.69) is 18.3 Å². The molecule has 0 aromatic rings. The number of unbranched alkanes of at least 4 members (excludes halogenated alkanes) is 5. The molecule has 0 aromatic carbocycles. The fourth-order valence-electron chi connectivity index (χ4n) is 1.75. The lowest BCUT2D eigenvalue weighted by Crippen LogP contribution is -2.28. The normalized spacial score (nSPS) is 12.3. The first-order valence-corrected chi connectivity index (χ1v) is 7.05. The highest BCUT2D eigenvalue weighted by Crippen LogP contribution is 2.05. The van der Waals surface area contributed by atoms with Crippen LogP contribution in [0, 0.1) is 11.3 Å². The van der Waals surface area contributed by atoms with Crippen molar-refractivity contribution in [3.63, 3.8) is 0 Å². The molecule has 0 aliphatic carbocycles. The highest BCUT2D eigenvalue weighted by Gasteiger charge is 2.03. The summed E-state index contributed by atoms with van der Waals surface area (Å²) in [5, 5.41) is 11.9. The third kappa shape index (κ3) is 11.7. The average Bonchev–Trinajstić information content (AvgIpc) is 2.35. The molecule has 0 spiro atoms. The van der Waals surface area contributed by atoms with Crippen molar-refractivity contribution in [3.05, 3.63) is 0 Å². The van der Waals surface area contributed by atoms with Gasteiger partial charge in [-0.3, -0.25) is 0 Å². The quantitative estimate of drug-likeness (QED) is 0.533. The zero-order valence-electron chi connectivity index (χ0n) is 11.5. The summed E-state index contributed by atoms with van der Waals surface area (Å²) < 4.78 is 5.53. The van der Waals surface area contributed by atoms with Crippen molar-refractivity contribution >= 4 is 0 Å². The average molecular weight is 240 g/mol. The Bertz CT molecular complexity index is 189. The molecule has 1 atom stereocenters. The van der Waals surface area contributed by atoms with Crippen LogP contribution in [0.2, 0.25) is 0 Å². The minimum absolute atomic E-state index is 0.0513. The molecule has 17 heavy (non-hydrogen) atoms. The third-order valence-corrected chi connectivity index (χ3v) is 2.80. The van der Waals surface area contributed by atoms with Gasteiger partial charge in [0.1, 0.15) is 0 Å². The van der Waals surface area contributed by atoms with Crippen LogP contribution in [0.4, 0.5) is 0 Å². The van der Waals surface area contributed by atoms with Crippen molar-refractivity contribution in [3.8, 4) is 6.07 Å². The summed E-state index contributed by atoms with van der Waals surface area (Å²) >= 11 is 0. The Kier molecular flexibility index (Phi) is 13.0. The Hall–Kier alpha value is -0.590. The molecule has 0 aliphatic rings. The van der Waals surface area contributed by atoms with E-state index in [0.717, 1.165) is 26.0 Å². The van der Waals surface area contributed by atoms with E-state index in [4.69, 9.17) is 10.00 Å². The molecule has 0 fully saturated rings. The van der Waals surface area contributed by atoms with E-state index in [1.807, 2.05) is 6.92 Å². The number of hydrogen-bond donors (Lipinski definition) is 1. The van der Waals surface area contributed by atoms with Crippen LogP contribution in [0.3, 0.4) is 0 Å². The number of hydrogen-bond acceptors (Lipinski definition) is 3. The fourth-order valence-corrected chi connectivity index (χ4v) is 1.75. The van der Waals surface area contributed by atoms with Gasteiger partial charge in [0.25, 0.3) is 0 Å². The maximum Gasteiger partial charge on any atom is 0.0974 e. The van der Waals surface area contributed by atoms with E-state index in [-0.39, 0.29) is 6.04 Å². The van der Waals surface area contributed by atoms with E-state index < -0.39 is 0 Å². The Balaban J connectivity index is 3.15. The minimum atomic E-state index is -0.0513. The second-order valence-electron chi connectivity index (χ2n) is 4.41. The lowest BCUT2D eigenvalue weighted by atomic mass is 10.1. The van der Waals surface area contributed by atoms with Gasteiger partial charge in [-0.2, -0.15) is 5.26 Å². The maximum atomic E-state index is 8.81. The molecule has 100 valence electrons. The van der Waals surface area contributed by atoms with E-state index in [1.165, 1.54) is 32.1 Å². The molecule has 0 aromatic heterocycles. The SMILES string of the molecule is CCCCCCCCOCCC(C#N)NCC. The number of rotatable bonds is 12. The third-order valence-electron chi connectivity index (χ3n) is 2.80. The molecule has 0 aliphatic heterocycles. The van der Waals surface area contributed by atoms with Crippen molar-refractivity contribution in [2.24, 2.45) is 0 Å². The van der Waals surface area contributed by atoms with Gasteiger partial charge in [0.2, 0.25) is 0 Å². The molecule has 0 amide bonds. The molecular weight excluding hydrogens is 212 g/mol. The van der Waals surface area contributed by atoms with Gasteiger partial charge in [0.05, 0.1) is 12.1 Å². The summed E-state index contributed by atoms with van der Waals surface area (Å²) in [6.07, 6.45) is 8.56. The Morgan fingerprint density at radius 3 is 2.41 bits per heavy atom. The highest BCUT2D eigenvalue weighted by atomic mass is 16.5. The first kappa shape index (κ1) is 16.4. The van der Waals surface area contributed by atoms with Gasteiger partial charge in [-0.25, -0.2) is 0 Å². The van der Waals surface area contributed by atoms with Crippen molar-refractivity contribution < 1.29 is 4.74 Å². The zero-order valence-corrected chi connectivity index (χ0v) is 11.5. The van der Waals surface area contributed by atoms with Crippen molar-refractivity contribution in [2.75, 3.05) is 19.8 Å². The standard InChI is InChI=1S/C14H28N2O/c1-3-5-6-7-8-9-11-17-12-10-14(13-15)16-4-2/h14,16H,3-12H2,1-2H3. The van der Waals surface area contributed by atoms with Crippen LogP contribution in [-0.4, -0.2) is 25.8 Å². The summed E-state index contributed by atoms with van der Waals surface area (Å²) in [5.41, 5.74) is 0. The second-order valence-corrected chi connectivity index (χ2v) is 4.41. The zero-order chi connectivity index (χ0) is 12.8. The summed E-state index contributed by atoms with van der Waals surface area (Å²) in [7, 11) is 0. The molecule has 0 bridgehead atoms. The summed E-state index contributed by atoms with van der Waals surface area (Å²) in [5.74, 6) is 0. The molecular formula is C14H28N2O. The van der Waals surface area contributed by atoms with Crippen LogP contribution >= 0.6 is 0 Å². The van der Waals surface area contributed by atoms with Gasteiger partial charge in [-0.15, -0.1) is 0 Å². The predicted octanol–water partition coefficient (Wildman–Crippen LogP) is 3.26. The molecule has 0 saturated heterocycles. The van der Waals surface area contributed by atoms with Crippen LogP contribution < -0.4 is 5.32 Å². The number of nitriles is 1. The minimum Gasteiger partial charge on any atom is -0.381 e. The molecule has 0 saturated carbocycles. The van der Waals surface area contributed by atoms with E-state index >= 15 is 0 Å². The fraction of sp³-hybridized carbons (Fsp3) is 0.929. The van der Waals surface area contributed by atoms with Crippen LogP contribution in [0.5, 0.6) is 0 Å². The van der Waals surface area contributed by atoms with Gasteiger partial charge in [-0.05, 0) is 19.4 Å². The molecule has 1 N–H and O–H groups in total. The maximum absolute atomic E-state index is 8.81. The lowest BCUT2D eigenvalue weighted by molar-refractivity contribution is 0.124. The topological polar surface area (TPSA) is 45.0 Å². The lowest BCUT2D eigenvalue weighted by Gasteiger charge is -2.09. The largest absolute Gasteiger partial charge is 0.381 e. The van der Waals surface area contributed by atoms with Gasteiger partial charge in [-0.1, -0.05) is 46.0 Å². The summed E-state index contributed by atoms with van der Waals surface area (Å²) in [4.78, 5) is 0. The van der Waals surface area contributed by atoms with E-state index in [0.29, 0.717) is 6.61 Å². The predicted molar refractivity (Wildman–Crippen MR) is 71.9 cm³/mol. The highest BCUT2D eigenvalue weighted by molar-refractivity contribution is 4.88. The first-order chi connectivity index (χ1) is 8.35. The summed E-state index contributed by atoms with van der Waals surface area (Å²) in [6.45, 7) is 6.63. The molecule has 3 nitrogen and oxygen atoms in total. The Labute approximate surface area is 107 Å². The number of nitrogens with zero attached hydrogens (tertiary/aromatic N) is 1. The smallest absolute Gasteiger partial charge is 0.0974 e. The van der Waals surface area contributed by atoms with Crippen LogP contribution in [0.25, 0.3) is 0 Å². The molecule has 0 radical (unpaired) electrons. The molecule has 0 heterocycles. The molecule has 1 unspecified atom stereocenters. The van der Waals surface area contributed by atoms with Crippen LogP contribution in [0.1, 0.15) is 58.8 Å². The monoisotopic (exact) mass is 240 g/mol. The molecule has 0 rings (SSSR count). The first-order valence-electron chi connectivity index (χ1n) is 7.05. The van der Waals surface area contributed by atoms with E-state index in [1.54, 1.807) is 0 Å². The molecule has 3 heteroatoms. The van der Waals surface area contributed by atoms with Gasteiger partial charge < -0.3 is 10.1 Å². The van der Waals surface area contributed by atoms with Crippen molar-refractivity contribution in [2.45, 2.75) is 64.8 Å². The van der Waals surface area contributed by atoms with E-state index in [9.17, 15) is 0 Å². The number of nitrogens with one attached hydrogen (secondary N) is 1. The second kappa shape index (κ2) is 13.5. The van der Waals surface area contributed by atoms with Crippen molar-refractivity contribution in [1.82, 2.24) is 5.32 Å². The Morgan fingerprint density at radius 1 is 1.06 bits per heavy atom. The summed E-state index contributed by atoms with van der Waals surface area (Å²) in [6, 6.07) is 2.19. The van der Waals surface area contributed by atoms with Crippen LogP contribution in [-0.2, 0) is 4.74 Å². The van der Waals surface area contributed by atoms with Gasteiger partial charge in [0, 0.05) is 13.2 Å². The van der Waals surface area contributed by atoms with Crippen LogP contribution in [0.15, 0.2) is 0 Å². The van der Waals surface area contributed by atoms with Gasteiger partial charge >= 0.3 is 0 Å². The van der Waals surface area contributed by atoms with Crippen molar-refractivity contribution in [1.29, 1.82) is 5.26 Å². The Morgan fingerprint density at radius 2 is 1.76 bits per heavy atom. The van der Waals surface area contributed by atoms with Gasteiger partial charge in [0.15, 0.2) is 0 Å². The number of ether oxygens (including phenoxy) is 1.